The highest BCUT2D eigenvalue weighted by Gasteiger charge is 2.27. The number of carbonyl (C=O) groups excluding carboxylic acids is 1. The first-order valence-corrected chi connectivity index (χ1v) is 10.8. The van der Waals surface area contributed by atoms with Crippen LogP contribution in [0, 0.1) is 0 Å². The summed E-state index contributed by atoms with van der Waals surface area (Å²) in [7, 11) is 0. The van der Waals surface area contributed by atoms with E-state index in [1.54, 1.807) is 0 Å². The monoisotopic (exact) mass is 381 g/mol. The molecule has 2 saturated heterocycles. The molecule has 1 amide bonds. The average molecular weight is 382 g/mol. The van der Waals surface area contributed by atoms with Crippen molar-refractivity contribution in [2.45, 2.75) is 51.5 Å². The van der Waals surface area contributed by atoms with Crippen LogP contribution in [0.5, 0.6) is 5.75 Å². The van der Waals surface area contributed by atoms with E-state index in [0.29, 0.717) is 18.3 Å². The molecule has 1 atom stereocenters. The van der Waals surface area contributed by atoms with Gasteiger partial charge >= 0.3 is 0 Å². The van der Waals surface area contributed by atoms with E-state index < -0.39 is 0 Å². The van der Waals surface area contributed by atoms with E-state index in [9.17, 15) is 4.79 Å². The molecule has 0 spiro atoms. The van der Waals surface area contributed by atoms with Gasteiger partial charge in [0.25, 0.3) is 5.91 Å². The fraction of sp³-hybridized carbons (Fsp3) is 0.565. The summed E-state index contributed by atoms with van der Waals surface area (Å²) in [6, 6.07) is 10.1. The van der Waals surface area contributed by atoms with E-state index in [1.807, 2.05) is 35.2 Å². The maximum absolute atomic E-state index is 12.9. The van der Waals surface area contributed by atoms with Gasteiger partial charge in [-0.25, -0.2) is 4.98 Å². The molecule has 0 bridgehead atoms. The number of ether oxygens (including phenoxy) is 1. The van der Waals surface area contributed by atoms with E-state index in [0.717, 1.165) is 49.0 Å². The molecular formula is C23H31N3O2. The van der Waals surface area contributed by atoms with Gasteiger partial charge in [0.2, 0.25) is 0 Å². The van der Waals surface area contributed by atoms with Crippen LogP contribution < -0.4 is 4.74 Å². The molecule has 28 heavy (non-hydrogen) atoms. The Morgan fingerprint density at radius 1 is 1.11 bits per heavy atom. The number of amides is 1. The van der Waals surface area contributed by atoms with Crippen LogP contribution >= 0.6 is 0 Å². The maximum atomic E-state index is 12.9. The quantitative estimate of drug-likeness (QED) is 0.707. The molecule has 2 aliphatic heterocycles. The molecule has 1 aromatic heterocycles. The second kappa shape index (κ2) is 8.91. The highest BCUT2D eigenvalue weighted by Crippen LogP contribution is 2.26. The van der Waals surface area contributed by atoms with Gasteiger partial charge in [0.1, 0.15) is 17.0 Å². The largest absolute Gasteiger partial charge is 0.491 e. The molecule has 0 radical (unpaired) electrons. The zero-order valence-corrected chi connectivity index (χ0v) is 16.9. The Kier molecular flexibility index (Phi) is 6.10. The number of benzene rings is 1. The molecule has 5 nitrogen and oxygen atoms in total. The van der Waals surface area contributed by atoms with Gasteiger partial charge in [-0.05, 0) is 64.3 Å². The highest BCUT2D eigenvalue weighted by molar-refractivity contribution is 5.96. The first kappa shape index (κ1) is 19.2. The predicted octanol–water partition coefficient (Wildman–Crippen LogP) is 4.11. The van der Waals surface area contributed by atoms with Crippen molar-refractivity contribution in [2.75, 3.05) is 32.8 Å². The summed E-state index contributed by atoms with van der Waals surface area (Å²) in [6.07, 6.45) is 7.17. The van der Waals surface area contributed by atoms with Crippen molar-refractivity contribution >= 4 is 16.8 Å². The summed E-state index contributed by atoms with van der Waals surface area (Å²) < 4.78 is 6.08. The fourth-order valence-corrected chi connectivity index (χ4v) is 4.39. The Morgan fingerprint density at radius 3 is 2.75 bits per heavy atom. The highest BCUT2D eigenvalue weighted by atomic mass is 16.5. The van der Waals surface area contributed by atoms with Crippen LogP contribution in [0.1, 0.15) is 55.9 Å². The van der Waals surface area contributed by atoms with Gasteiger partial charge in [0, 0.05) is 24.5 Å². The Hall–Kier alpha value is -2.14. The van der Waals surface area contributed by atoms with Crippen LogP contribution in [0.4, 0.5) is 0 Å². The minimum Gasteiger partial charge on any atom is -0.491 e. The lowest BCUT2D eigenvalue weighted by Gasteiger charge is -2.26. The molecular weight excluding hydrogens is 350 g/mol. The van der Waals surface area contributed by atoms with Crippen LogP contribution in [-0.4, -0.2) is 59.5 Å². The van der Waals surface area contributed by atoms with E-state index in [1.165, 1.54) is 32.4 Å². The van der Waals surface area contributed by atoms with Crippen molar-refractivity contribution in [1.29, 1.82) is 0 Å². The standard InChI is InChI=1S/C23H31N3O2/c1-18-8-6-16-26(18)23(27)20-12-11-19-9-5-10-21(22(19)24-20)28-17-7-15-25-13-3-2-4-14-25/h5,9-12,18H,2-4,6-8,13-17H2,1H3. The third kappa shape index (κ3) is 4.30. The molecule has 3 heterocycles. The van der Waals surface area contributed by atoms with Crippen molar-refractivity contribution in [2.24, 2.45) is 0 Å². The summed E-state index contributed by atoms with van der Waals surface area (Å²) in [5, 5.41) is 1.01. The second-order valence-electron chi connectivity index (χ2n) is 8.12. The van der Waals surface area contributed by atoms with Gasteiger partial charge in [-0.2, -0.15) is 0 Å². The van der Waals surface area contributed by atoms with Crippen LogP contribution in [0.2, 0.25) is 0 Å². The molecule has 5 heteroatoms. The van der Waals surface area contributed by atoms with Crippen molar-refractivity contribution in [3.63, 3.8) is 0 Å². The van der Waals surface area contributed by atoms with E-state index in [2.05, 4.69) is 11.8 Å². The number of pyridine rings is 1. The Bertz CT molecular complexity index is 817. The molecule has 2 aliphatic rings. The molecule has 0 saturated carbocycles. The number of rotatable bonds is 6. The number of carbonyl (C=O) groups is 1. The number of aromatic nitrogens is 1. The van der Waals surface area contributed by atoms with Gasteiger partial charge in [-0.15, -0.1) is 0 Å². The molecule has 2 aromatic rings. The van der Waals surface area contributed by atoms with E-state index >= 15 is 0 Å². The van der Waals surface area contributed by atoms with Crippen LogP contribution in [0.25, 0.3) is 10.9 Å². The normalized spacial score (nSPS) is 20.6. The summed E-state index contributed by atoms with van der Waals surface area (Å²) in [5.74, 6) is 0.812. The van der Waals surface area contributed by atoms with Crippen LogP contribution in [0.15, 0.2) is 30.3 Å². The van der Waals surface area contributed by atoms with Gasteiger partial charge in [0.15, 0.2) is 0 Å². The summed E-state index contributed by atoms with van der Waals surface area (Å²) >= 11 is 0. The summed E-state index contributed by atoms with van der Waals surface area (Å²) in [6.45, 7) is 7.15. The zero-order chi connectivity index (χ0) is 19.3. The Labute approximate surface area is 167 Å². The van der Waals surface area contributed by atoms with Crippen LogP contribution in [-0.2, 0) is 0 Å². The van der Waals surface area contributed by atoms with Crippen molar-refractivity contribution < 1.29 is 9.53 Å². The van der Waals surface area contributed by atoms with Crippen molar-refractivity contribution in [3.8, 4) is 5.75 Å². The molecule has 0 N–H and O–H groups in total. The number of fused-ring (bicyclic) bond motifs is 1. The molecule has 1 unspecified atom stereocenters. The van der Waals surface area contributed by atoms with Gasteiger partial charge in [-0.1, -0.05) is 24.6 Å². The number of hydrogen-bond acceptors (Lipinski definition) is 4. The Balaban J connectivity index is 1.43. The molecule has 1 aromatic carbocycles. The lowest BCUT2D eigenvalue weighted by atomic mass is 10.1. The fourth-order valence-electron chi connectivity index (χ4n) is 4.39. The van der Waals surface area contributed by atoms with Gasteiger partial charge in [-0.3, -0.25) is 4.79 Å². The number of hydrogen-bond donors (Lipinski definition) is 0. The summed E-state index contributed by atoms with van der Waals surface area (Å²) in [4.78, 5) is 22.0. The van der Waals surface area contributed by atoms with Crippen molar-refractivity contribution in [1.82, 2.24) is 14.8 Å². The lowest BCUT2D eigenvalue weighted by Crippen LogP contribution is -2.34. The van der Waals surface area contributed by atoms with Crippen molar-refractivity contribution in [3.05, 3.63) is 36.0 Å². The average Bonchev–Trinajstić information content (AvgIpc) is 3.17. The van der Waals surface area contributed by atoms with E-state index in [-0.39, 0.29) is 5.91 Å². The maximum Gasteiger partial charge on any atom is 0.272 e. The van der Waals surface area contributed by atoms with Gasteiger partial charge < -0.3 is 14.5 Å². The number of piperidine rings is 1. The SMILES string of the molecule is CC1CCCN1C(=O)c1ccc2cccc(OCCCN3CCCCC3)c2n1. The minimum atomic E-state index is 0.0341. The first-order valence-electron chi connectivity index (χ1n) is 10.8. The third-order valence-corrected chi connectivity index (χ3v) is 6.04. The zero-order valence-electron chi connectivity index (χ0n) is 16.9. The predicted molar refractivity (Wildman–Crippen MR) is 112 cm³/mol. The summed E-state index contributed by atoms with van der Waals surface area (Å²) in [5.41, 5.74) is 1.31. The smallest absolute Gasteiger partial charge is 0.272 e. The van der Waals surface area contributed by atoms with E-state index in [4.69, 9.17) is 9.72 Å². The van der Waals surface area contributed by atoms with Gasteiger partial charge in [0.05, 0.1) is 6.61 Å². The third-order valence-electron chi connectivity index (χ3n) is 6.04. The topological polar surface area (TPSA) is 45.7 Å². The Morgan fingerprint density at radius 2 is 1.96 bits per heavy atom. The number of nitrogens with zero attached hydrogens (tertiary/aromatic N) is 3. The van der Waals surface area contributed by atoms with Crippen LogP contribution in [0.3, 0.4) is 0 Å². The molecule has 4 rings (SSSR count). The molecule has 2 fully saturated rings. The molecule has 150 valence electrons. The number of likely N-dealkylation sites (tertiary alicyclic amines) is 2. The second-order valence-corrected chi connectivity index (χ2v) is 8.12. The minimum absolute atomic E-state index is 0.0341. The molecule has 0 aliphatic carbocycles. The lowest BCUT2D eigenvalue weighted by molar-refractivity contribution is 0.0742. The first-order chi connectivity index (χ1) is 13.7. The number of para-hydroxylation sites is 1.